The summed E-state index contributed by atoms with van der Waals surface area (Å²) in [5.41, 5.74) is 1.05. The van der Waals surface area contributed by atoms with Crippen LogP contribution in [0, 0.1) is 5.82 Å². The Morgan fingerprint density at radius 3 is 2.50 bits per heavy atom. The summed E-state index contributed by atoms with van der Waals surface area (Å²) in [7, 11) is 0. The normalized spacial score (nSPS) is 30.3. The van der Waals surface area contributed by atoms with Crippen molar-refractivity contribution < 1.29 is 43.8 Å². The van der Waals surface area contributed by atoms with Gasteiger partial charge in [0.25, 0.3) is 0 Å². The van der Waals surface area contributed by atoms with Crippen molar-refractivity contribution in [3.05, 3.63) is 59.4 Å². The van der Waals surface area contributed by atoms with E-state index in [0.717, 1.165) is 6.42 Å². The highest BCUT2D eigenvalue weighted by molar-refractivity contribution is 5.39. The molecule has 2 fully saturated rings. The molecule has 0 aliphatic carbocycles. The fourth-order valence-electron chi connectivity index (χ4n) is 3.80. The molecule has 0 unspecified atom stereocenters. The second kappa shape index (κ2) is 10.1. The summed E-state index contributed by atoms with van der Waals surface area (Å²) in [6.45, 7) is 0.571. The zero-order chi connectivity index (χ0) is 22.7. The fraction of sp³-hybridized carbons (Fsp3) is 0.478. The van der Waals surface area contributed by atoms with E-state index in [0.29, 0.717) is 35.8 Å². The topological polar surface area (TPSA) is 118 Å². The van der Waals surface area contributed by atoms with Crippen LogP contribution in [0.3, 0.4) is 0 Å². The van der Waals surface area contributed by atoms with Crippen molar-refractivity contribution in [1.82, 2.24) is 0 Å². The summed E-state index contributed by atoms with van der Waals surface area (Å²) in [5, 5.41) is 39.5. The van der Waals surface area contributed by atoms with Crippen LogP contribution in [-0.2, 0) is 15.9 Å². The molecule has 0 radical (unpaired) electrons. The first-order valence-electron chi connectivity index (χ1n) is 10.5. The minimum atomic E-state index is -1.55. The monoisotopic (exact) mass is 450 g/mol. The number of rotatable bonds is 7. The highest BCUT2D eigenvalue weighted by Gasteiger charge is 2.44. The largest absolute Gasteiger partial charge is 0.488 e. The number of hydrogen-bond donors (Lipinski definition) is 4. The van der Waals surface area contributed by atoms with Crippen molar-refractivity contribution in [3.63, 3.8) is 0 Å². The first-order valence-corrected chi connectivity index (χ1v) is 10.5. The lowest BCUT2D eigenvalue weighted by atomic mass is 9.99. The Morgan fingerprint density at radius 1 is 0.969 bits per heavy atom. The minimum Gasteiger partial charge on any atom is -0.488 e. The van der Waals surface area contributed by atoms with Crippen molar-refractivity contribution in [2.24, 2.45) is 0 Å². The predicted molar refractivity (Wildman–Crippen MR) is 110 cm³/mol. The Kier molecular flexibility index (Phi) is 7.24. The molecule has 2 aromatic carbocycles. The van der Waals surface area contributed by atoms with Crippen LogP contribution in [0.25, 0.3) is 0 Å². The molecule has 0 spiro atoms. The molecule has 174 valence electrons. The molecule has 2 aromatic rings. The Labute approximate surface area is 184 Å². The van der Waals surface area contributed by atoms with Crippen LogP contribution in [0.2, 0.25) is 0 Å². The molecule has 6 atom stereocenters. The van der Waals surface area contributed by atoms with E-state index in [4.69, 9.17) is 18.9 Å². The molecule has 2 heterocycles. The van der Waals surface area contributed by atoms with Crippen LogP contribution < -0.4 is 9.47 Å². The zero-order valence-corrected chi connectivity index (χ0v) is 17.3. The molecule has 0 amide bonds. The van der Waals surface area contributed by atoms with Crippen LogP contribution in [0.1, 0.15) is 17.5 Å². The summed E-state index contributed by atoms with van der Waals surface area (Å²) >= 11 is 0. The minimum absolute atomic E-state index is 0.0760. The fourth-order valence-corrected chi connectivity index (χ4v) is 3.80. The van der Waals surface area contributed by atoms with E-state index >= 15 is 0 Å². The smallest absolute Gasteiger partial charge is 0.229 e. The van der Waals surface area contributed by atoms with Gasteiger partial charge >= 0.3 is 0 Å². The highest BCUT2D eigenvalue weighted by atomic mass is 19.1. The Morgan fingerprint density at radius 2 is 1.78 bits per heavy atom. The predicted octanol–water partition coefficient (Wildman–Crippen LogP) is 0.763. The average molecular weight is 450 g/mol. The van der Waals surface area contributed by atoms with E-state index in [-0.39, 0.29) is 12.5 Å². The molecule has 8 nitrogen and oxygen atoms in total. The summed E-state index contributed by atoms with van der Waals surface area (Å²) in [6, 6.07) is 11.5. The second-order valence-corrected chi connectivity index (χ2v) is 7.96. The van der Waals surface area contributed by atoms with Crippen LogP contribution >= 0.6 is 0 Å². The molecular weight excluding hydrogens is 423 g/mol. The van der Waals surface area contributed by atoms with Gasteiger partial charge in [0, 0.05) is 18.9 Å². The third kappa shape index (κ3) is 5.03. The van der Waals surface area contributed by atoms with Gasteiger partial charge in [0.05, 0.1) is 19.8 Å². The molecule has 0 aromatic heterocycles. The van der Waals surface area contributed by atoms with Crippen LogP contribution in [-0.4, -0.2) is 77.1 Å². The number of benzene rings is 2. The highest BCUT2D eigenvalue weighted by Crippen LogP contribution is 2.29. The summed E-state index contributed by atoms with van der Waals surface area (Å²) in [6.07, 6.45) is -6.06. The standard InChI is InChI=1S/C23H27FO8/c24-17-10-15(30-16-7-8-29-12-16)6-5-13(17)9-14-3-1-2-4-18(14)31-23-22(28)21(27)20(26)19(11-25)32-23/h1-6,10,16,19-23,25-28H,7-9,11-12H2/t16-,19-,20-,21+,22-,23-/m1/s1. The molecule has 0 saturated carbocycles. The van der Waals surface area contributed by atoms with Crippen molar-refractivity contribution in [1.29, 1.82) is 0 Å². The number of para-hydroxylation sites is 1. The Bertz CT molecular complexity index is 901. The maximum Gasteiger partial charge on any atom is 0.229 e. The second-order valence-electron chi connectivity index (χ2n) is 7.96. The molecule has 32 heavy (non-hydrogen) atoms. The summed E-state index contributed by atoms with van der Waals surface area (Å²) in [4.78, 5) is 0. The van der Waals surface area contributed by atoms with Crippen molar-refractivity contribution in [3.8, 4) is 11.5 Å². The van der Waals surface area contributed by atoms with Crippen molar-refractivity contribution >= 4 is 0 Å². The maximum atomic E-state index is 14.7. The summed E-state index contributed by atoms with van der Waals surface area (Å²) in [5.74, 6) is 0.330. The Balaban J connectivity index is 1.48. The number of aliphatic hydroxyl groups excluding tert-OH is 4. The molecule has 2 aliphatic heterocycles. The van der Waals surface area contributed by atoms with Crippen LogP contribution in [0.5, 0.6) is 11.5 Å². The van der Waals surface area contributed by atoms with Gasteiger partial charge in [0.1, 0.15) is 47.8 Å². The van der Waals surface area contributed by atoms with Gasteiger partial charge in [-0.25, -0.2) is 4.39 Å². The summed E-state index contributed by atoms with van der Waals surface area (Å²) < 4.78 is 36.9. The lowest BCUT2D eigenvalue weighted by molar-refractivity contribution is -0.277. The van der Waals surface area contributed by atoms with Gasteiger partial charge in [-0.3, -0.25) is 0 Å². The van der Waals surface area contributed by atoms with E-state index in [1.165, 1.54) is 6.07 Å². The number of ether oxygens (including phenoxy) is 4. The maximum absolute atomic E-state index is 14.7. The van der Waals surface area contributed by atoms with E-state index in [1.54, 1.807) is 36.4 Å². The lowest BCUT2D eigenvalue weighted by Gasteiger charge is -2.39. The number of hydrogen-bond acceptors (Lipinski definition) is 8. The van der Waals surface area contributed by atoms with Gasteiger partial charge in [-0.15, -0.1) is 0 Å². The van der Waals surface area contributed by atoms with Gasteiger partial charge in [0.2, 0.25) is 6.29 Å². The molecule has 0 bridgehead atoms. The quantitative estimate of drug-likeness (QED) is 0.489. The SMILES string of the molecule is OC[C@H]1O[C@@H](Oc2ccccc2Cc2ccc(O[C@@H]3CCOC3)cc2F)[C@H](O)[C@@H](O)[C@@H]1O. The Hall–Kier alpha value is -2.27. The van der Waals surface area contributed by atoms with Crippen LogP contribution in [0.15, 0.2) is 42.5 Å². The van der Waals surface area contributed by atoms with Gasteiger partial charge in [-0.2, -0.15) is 0 Å². The van der Waals surface area contributed by atoms with Gasteiger partial charge in [0.15, 0.2) is 0 Å². The van der Waals surface area contributed by atoms with E-state index in [9.17, 15) is 24.8 Å². The van der Waals surface area contributed by atoms with Gasteiger partial charge in [-0.05, 0) is 23.3 Å². The number of halogens is 1. The third-order valence-electron chi connectivity index (χ3n) is 5.66. The molecular formula is C23H27FO8. The first kappa shape index (κ1) is 22.9. The van der Waals surface area contributed by atoms with Crippen molar-refractivity contribution in [2.45, 2.75) is 49.7 Å². The third-order valence-corrected chi connectivity index (χ3v) is 5.66. The average Bonchev–Trinajstić information content (AvgIpc) is 3.30. The molecule has 4 rings (SSSR count). The van der Waals surface area contributed by atoms with E-state index in [2.05, 4.69) is 0 Å². The molecule has 2 saturated heterocycles. The number of aliphatic hydroxyl groups is 4. The first-order chi connectivity index (χ1) is 15.5. The van der Waals surface area contributed by atoms with E-state index < -0.39 is 43.1 Å². The molecule has 4 N–H and O–H groups in total. The van der Waals surface area contributed by atoms with Gasteiger partial charge < -0.3 is 39.4 Å². The molecule has 2 aliphatic rings. The van der Waals surface area contributed by atoms with Crippen molar-refractivity contribution in [2.75, 3.05) is 19.8 Å². The molecule has 9 heteroatoms. The zero-order valence-electron chi connectivity index (χ0n) is 17.3. The lowest BCUT2D eigenvalue weighted by Crippen LogP contribution is -2.60. The van der Waals surface area contributed by atoms with Crippen LogP contribution in [0.4, 0.5) is 4.39 Å². The van der Waals surface area contributed by atoms with E-state index in [1.807, 2.05) is 0 Å². The van der Waals surface area contributed by atoms with Gasteiger partial charge in [-0.1, -0.05) is 24.3 Å².